The molecular formula is C14H27NO2. The second kappa shape index (κ2) is 6.17. The molecule has 2 atom stereocenters. The van der Waals surface area contributed by atoms with E-state index in [0.717, 1.165) is 51.5 Å². The fraction of sp³-hybridized carbons (Fsp3) is 1.00. The van der Waals surface area contributed by atoms with Gasteiger partial charge in [-0.2, -0.15) is 0 Å². The molecule has 0 radical (unpaired) electrons. The molecule has 0 aromatic heterocycles. The highest BCUT2D eigenvalue weighted by Gasteiger charge is 2.44. The Morgan fingerprint density at radius 3 is 2.76 bits per heavy atom. The van der Waals surface area contributed by atoms with Crippen LogP contribution in [0, 0.1) is 5.92 Å². The molecule has 2 aliphatic heterocycles. The highest BCUT2D eigenvalue weighted by Crippen LogP contribution is 2.36. The SMILES string of the molecule is CCC(CC)C1NCCOC12CCCOCC2. The van der Waals surface area contributed by atoms with Crippen molar-refractivity contribution in [1.82, 2.24) is 5.32 Å². The molecule has 0 amide bonds. The second-order valence-electron chi connectivity index (χ2n) is 5.39. The Kier molecular flexibility index (Phi) is 4.83. The third-order valence-electron chi connectivity index (χ3n) is 4.50. The lowest BCUT2D eigenvalue weighted by atomic mass is 9.76. The summed E-state index contributed by atoms with van der Waals surface area (Å²) >= 11 is 0. The van der Waals surface area contributed by atoms with E-state index in [2.05, 4.69) is 19.2 Å². The fourth-order valence-corrected chi connectivity index (χ4v) is 3.50. The maximum atomic E-state index is 6.24. The topological polar surface area (TPSA) is 30.5 Å². The van der Waals surface area contributed by atoms with E-state index in [-0.39, 0.29) is 5.60 Å². The van der Waals surface area contributed by atoms with E-state index >= 15 is 0 Å². The van der Waals surface area contributed by atoms with Gasteiger partial charge in [-0.05, 0) is 18.8 Å². The first-order valence-corrected chi connectivity index (χ1v) is 7.27. The summed E-state index contributed by atoms with van der Waals surface area (Å²) in [6.45, 7) is 8.22. The predicted octanol–water partition coefficient (Wildman–Crippen LogP) is 2.35. The minimum absolute atomic E-state index is 0.0471. The van der Waals surface area contributed by atoms with E-state index in [0.29, 0.717) is 6.04 Å². The van der Waals surface area contributed by atoms with Crippen molar-refractivity contribution in [2.24, 2.45) is 5.92 Å². The van der Waals surface area contributed by atoms with Gasteiger partial charge in [-0.1, -0.05) is 26.7 Å². The van der Waals surface area contributed by atoms with Crippen LogP contribution in [0.15, 0.2) is 0 Å². The van der Waals surface area contributed by atoms with Gasteiger partial charge in [0.1, 0.15) is 0 Å². The fourth-order valence-electron chi connectivity index (χ4n) is 3.50. The first kappa shape index (κ1) is 13.3. The largest absolute Gasteiger partial charge is 0.381 e. The van der Waals surface area contributed by atoms with Gasteiger partial charge in [0.2, 0.25) is 0 Å². The Labute approximate surface area is 105 Å². The zero-order valence-corrected chi connectivity index (χ0v) is 11.3. The number of hydrogen-bond donors (Lipinski definition) is 1. The van der Waals surface area contributed by atoms with Gasteiger partial charge in [0.25, 0.3) is 0 Å². The molecule has 0 bridgehead atoms. The molecule has 0 aromatic rings. The van der Waals surface area contributed by atoms with Crippen LogP contribution in [-0.4, -0.2) is 38.0 Å². The minimum Gasteiger partial charge on any atom is -0.381 e. The number of ether oxygens (including phenoxy) is 2. The van der Waals surface area contributed by atoms with E-state index in [1.54, 1.807) is 0 Å². The summed E-state index contributed by atoms with van der Waals surface area (Å²) in [5, 5.41) is 3.73. The van der Waals surface area contributed by atoms with E-state index in [4.69, 9.17) is 9.47 Å². The average molecular weight is 241 g/mol. The van der Waals surface area contributed by atoms with Crippen molar-refractivity contribution < 1.29 is 9.47 Å². The van der Waals surface area contributed by atoms with E-state index in [1.807, 2.05) is 0 Å². The lowest BCUT2D eigenvalue weighted by Crippen LogP contribution is -2.61. The van der Waals surface area contributed by atoms with Crippen molar-refractivity contribution in [3.63, 3.8) is 0 Å². The van der Waals surface area contributed by atoms with Crippen LogP contribution in [0.4, 0.5) is 0 Å². The Morgan fingerprint density at radius 2 is 2.00 bits per heavy atom. The molecular weight excluding hydrogens is 214 g/mol. The van der Waals surface area contributed by atoms with Gasteiger partial charge in [0.15, 0.2) is 0 Å². The quantitative estimate of drug-likeness (QED) is 0.823. The van der Waals surface area contributed by atoms with Gasteiger partial charge in [-0.3, -0.25) is 0 Å². The monoisotopic (exact) mass is 241 g/mol. The van der Waals surface area contributed by atoms with E-state index in [1.165, 1.54) is 12.8 Å². The lowest BCUT2D eigenvalue weighted by Gasteiger charge is -2.47. The molecule has 2 fully saturated rings. The van der Waals surface area contributed by atoms with Crippen molar-refractivity contribution in [3.8, 4) is 0 Å². The smallest absolute Gasteiger partial charge is 0.0860 e. The van der Waals surface area contributed by atoms with Gasteiger partial charge in [-0.15, -0.1) is 0 Å². The Bertz CT molecular complexity index is 220. The van der Waals surface area contributed by atoms with Crippen molar-refractivity contribution in [3.05, 3.63) is 0 Å². The minimum atomic E-state index is 0.0471. The number of morpholine rings is 1. The maximum absolute atomic E-state index is 6.24. The summed E-state index contributed by atoms with van der Waals surface area (Å²) in [5.41, 5.74) is 0.0471. The summed E-state index contributed by atoms with van der Waals surface area (Å²) in [6, 6.07) is 0.521. The van der Waals surface area contributed by atoms with Gasteiger partial charge < -0.3 is 14.8 Å². The van der Waals surface area contributed by atoms with Crippen LogP contribution in [0.2, 0.25) is 0 Å². The molecule has 1 N–H and O–H groups in total. The third kappa shape index (κ3) is 2.83. The lowest BCUT2D eigenvalue weighted by molar-refractivity contribution is -0.121. The zero-order chi connectivity index (χ0) is 12.1. The molecule has 100 valence electrons. The number of hydrogen-bond acceptors (Lipinski definition) is 3. The van der Waals surface area contributed by atoms with Crippen LogP contribution >= 0.6 is 0 Å². The predicted molar refractivity (Wildman–Crippen MR) is 69.2 cm³/mol. The molecule has 2 unspecified atom stereocenters. The Morgan fingerprint density at radius 1 is 1.18 bits per heavy atom. The first-order chi connectivity index (χ1) is 8.32. The van der Waals surface area contributed by atoms with Crippen molar-refractivity contribution in [1.29, 1.82) is 0 Å². The molecule has 0 saturated carbocycles. The molecule has 2 rings (SSSR count). The maximum Gasteiger partial charge on any atom is 0.0860 e. The van der Waals surface area contributed by atoms with Gasteiger partial charge in [0, 0.05) is 32.2 Å². The first-order valence-electron chi connectivity index (χ1n) is 7.27. The van der Waals surface area contributed by atoms with Crippen molar-refractivity contribution >= 4 is 0 Å². The van der Waals surface area contributed by atoms with Crippen molar-refractivity contribution in [2.75, 3.05) is 26.4 Å². The van der Waals surface area contributed by atoms with Crippen LogP contribution < -0.4 is 5.32 Å². The van der Waals surface area contributed by atoms with Crippen LogP contribution in [0.1, 0.15) is 46.0 Å². The van der Waals surface area contributed by atoms with Gasteiger partial charge in [-0.25, -0.2) is 0 Å². The Balaban J connectivity index is 2.13. The number of rotatable bonds is 3. The molecule has 2 aliphatic rings. The van der Waals surface area contributed by atoms with Gasteiger partial charge in [0.05, 0.1) is 12.2 Å². The van der Waals surface area contributed by atoms with Crippen molar-refractivity contribution in [2.45, 2.75) is 57.6 Å². The second-order valence-corrected chi connectivity index (χ2v) is 5.39. The summed E-state index contributed by atoms with van der Waals surface area (Å²) in [5.74, 6) is 0.730. The average Bonchev–Trinajstić information content (AvgIpc) is 2.60. The van der Waals surface area contributed by atoms with E-state index < -0.39 is 0 Å². The summed E-state index contributed by atoms with van der Waals surface area (Å²) in [7, 11) is 0. The number of nitrogens with one attached hydrogen (secondary N) is 1. The van der Waals surface area contributed by atoms with Crippen LogP contribution in [0.3, 0.4) is 0 Å². The molecule has 2 heterocycles. The highest BCUT2D eigenvalue weighted by atomic mass is 16.5. The summed E-state index contributed by atoms with van der Waals surface area (Å²) in [6.07, 6.45) is 5.82. The summed E-state index contributed by atoms with van der Waals surface area (Å²) < 4.78 is 11.9. The van der Waals surface area contributed by atoms with Gasteiger partial charge >= 0.3 is 0 Å². The zero-order valence-electron chi connectivity index (χ0n) is 11.3. The third-order valence-corrected chi connectivity index (χ3v) is 4.50. The van der Waals surface area contributed by atoms with Crippen LogP contribution in [0.25, 0.3) is 0 Å². The standard InChI is InChI=1S/C14H27NO2/c1-3-12(4-2)13-14(17-11-8-15-13)6-5-9-16-10-7-14/h12-13,15H,3-11H2,1-2H3. The molecule has 1 spiro atoms. The molecule has 0 aliphatic carbocycles. The molecule has 3 heteroatoms. The Hall–Kier alpha value is -0.120. The molecule has 2 saturated heterocycles. The molecule has 17 heavy (non-hydrogen) atoms. The molecule has 0 aromatic carbocycles. The normalized spacial score (nSPS) is 35.1. The summed E-state index contributed by atoms with van der Waals surface area (Å²) in [4.78, 5) is 0. The van der Waals surface area contributed by atoms with E-state index in [9.17, 15) is 0 Å². The van der Waals surface area contributed by atoms with Crippen LogP contribution in [0.5, 0.6) is 0 Å². The molecule has 3 nitrogen and oxygen atoms in total. The highest BCUT2D eigenvalue weighted by molar-refractivity contribution is 4.99. The van der Waals surface area contributed by atoms with Crippen LogP contribution in [-0.2, 0) is 9.47 Å².